The highest BCUT2D eigenvalue weighted by atomic mass is 14.9. The van der Waals surface area contributed by atoms with Gasteiger partial charge in [0.05, 0.1) is 0 Å². The van der Waals surface area contributed by atoms with Crippen LogP contribution in [0.4, 0.5) is 0 Å². The van der Waals surface area contributed by atoms with Gasteiger partial charge in [0.1, 0.15) is 0 Å². The van der Waals surface area contributed by atoms with E-state index in [2.05, 4.69) is 49.2 Å². The van der Waals surface area contributed by atoms with Crippen molar-refractivity contribution in [3.8, 4) is 0 Å². The van der Waals surface area contributed by atoms with Gasteiger partial charge >= 0.3 is 0 Å². The number of benzene rings is 1. The van der Waals surface area contributed by atoms with E-state index in [4.69, 9.17) is 0 Å². The molecule has 1 saturated carbocycles. The van der Waals surface area contributed by atoms with Crippen molar-refractivity contribution in [1.82, 2.24) is 5.32 Å². The third-order valence-corrected chi connectivity index (χ3v) is 4.66. The molecule has 1 aliphatic carbocycles. The number of unbranched alkanes of at least 4 members (excludes halogenated alkanes) is 3. The van der Waals surface area contributed by atoms with E-state index in [1.54, 1.807) is 0 Å². The molecule has 1 nitrogen and oxygen atoms in total. The molecule has 1 aliphatic rings. The molecule has 0 radical (unpaired) electrons. The zero-order valence-electron chi connectivity index (χ0n) is 13.6. The average molecular weight is 285 g/mol. The second-order valence-electron chi connectivity index (χ2n) is 6.40. The molecule has 0 saturated heterocycles. The van der Waals surface area contributed by atoms with Crippen LogP contribution in [-0.4, -0.2) is 12.6 Å². The van der Waals surface area contributed by atoms with Gasteiger partial charge in [-0.25, -0.2) is 0 Å². The van der Waals surface area contributed by atoms with Crippen LogP contribution < -0.4 is 5.32 Å². The molecule has 0 aromatic heterocycles. The highest BCUT2D eigenvalue weighted by Crippen LogP contribution is 2.50. The fourth-order valence-corrected chi connectivity index (χ4v) is 3.37. The van der Waals surface area contributed by atoms with Crippen LogP contribution in [-0.2, 0) is 0 Å². The predicted molar refractivity (Wildman–Crippen MR) is 92.7 cm³/mol. The Morgan fingerprint density at radius 2 is 2.05 bits per heavy atom. The van der Waals surface area contributed by atoms with E-state index in [-0.39, 0.29) is 0 Å². The molecule has 1 heteroatoms. The van der Waals surface area contributed by atoms with Crippen molar-refractivity contribution in [2.75, 3.05) is 6.54 Å². The summed E-state index contributed by atoms with van der Waals surface area (Å²) >= 11 is 0. The average Bonchev–Trinajstić information content (AvgIpc) is 3.31. The highest BCUT2D eigenvalue weighted by Gasteiger charge is 2.42. The quantitative estimate of drug-likeness (QED) is 0.430. The Balaban J connectivity index is 1.78. The Labute approximate surface area is 130 Å². The van der Waals surface area contributed by atoms with Crippen LogP contribution in [0.1, 0.15) is 63.4 Å². The monoisotopic (exact) mass is 285 g/mol. The van der Waals surface area contributed by atoms with Gasteiger partial charge in [0.15, 0.2) is 0 Å². The molecule has 1 aromatic rings. The maximum absolute atomic E-state index is 3.80. The Morgan fingerprint density at radius 3 is 2.76 bits per heavy atom. The van der Waals surface area contributed by atoms with Crippen LogP contribution in [0.25, 0.3) is 0 Å². The molecule has 3 unspecified atom stereocenters. The summed E-state index contributed by atoms with van der Waals surface area (Å²) in [6.45, 7) is 7.23. The van der Waals surface area contributed by atoms with Crippen molar-refractivity contribution in [3.05, 3.63) is 48.6 Å². The van der Waals surface area contributed by atoms with Crippen LogP contribution in [0.5, 0.6) is 0 Å². The fraction of sp³-hybridized carbons (Fsp3) is 0.600. The maximum atomic E-state index is 3.80. The standard InChI is InChI=1S/C20H31N/c1-3-5-6-7-11-14-20(21-15-4-2)19-16-18(19)17-12-9-8-10-13-17/h3,8-10,12-13,18-21H,1,4-7,11,14-16H2,2H3. The molecule has 116 valence electrons. The van der Waals surface area contributed by atoms with E-state index in [1.165, 1.54) is 50.5 Å². The van der Waals surface area contributed by atoms with Crippen molar-refractivity contribution in [1.29, 1.82) is 0 Å². The third-order valence-electron chi connectivity index (χ3n) is 4.66. The molecular formula is C20H31N. The molecule has 3 atom stereocenters. The molecule has 2 rings (SSSR count). The molecule has 0 bridgehead atoms. The smallest absolute Gasteiger partial charge is 0.0101 e. The zero-order chi connectivity index (χ0) is 14.9. The van der Waals surface area contributed by atoms with Gasteiger partial charge in [0.2, 0.25) is 0 Å². The highest BCUT2D eigenvalue weighted by molar-refractivity contribution is 5.26. The van der Waals surface area contributed by atoms with Crippen molar-refractivity contribution in [2.45, 2.75) is 63.8 Å². The van der Waals surface area contributed by atoms with E-state index >= 15 is 0 Å². The molecule has 1 N–H and O–H groups in total. The summed E-state index contributed by atoms with van der Waals surface area (Å²) in [4.78, 5) is 0. The largest absolute Gasteiger partial charge is 0.314 e. The first-order chi connectivity index (χ1) is 10.4. The van der Waals surface area contributed by atoms with Gasteiger partial charge in [-0.05, 0) is 56.0 Å². The van der Waals surface area contributed by atoms with E-state index in [9.17, 15) is 0 Å². The number of nitrogens with one attached hydrogen (secondary N) is 1. The van der Waals surface area contributed by atoms with Crippen molar-refractivity contribution in [3.63, 3.8) is 0 Å². The summed E-state index contributed by atoms with van der Waals surface area (Å²) in [6.07, 6.45) is 11.2. The minimum Gasteiger partial charge on any atom is -0.314 e. The normalized spacial score (nSPS) is 22.0. The number of hydrogen-bond acceptors (Lipinski definition) is 1. The molecule has 1 aromatic carbocycles. The minimum atomic E-state index is 0.721. The van der Waals surface area contributed by atoms with Gasteiger partial charge in [-0.15, -0.1) is 6.58 Å². The van der Waals surface area contributed by atoms with Crippen molar-refractivity contribution >= 4 is 0 Å². The number of allylic oxidation sites excluding steroid dienone is 1. The van der Waals surface area contributed by atoms with Gasteiger partial charge in [0.25, 0.3) is 0 Å². The maximum Gasteiger partial charge on any atom is 0.0101 e. The Kier molecular flexibility index (Phi) is 7.02. The van der Waals surface area contributed by atoms with Crippen LogP contribution in [0.15, 0.2) is 43.0 Å². The number of rotatable bonds is 11. The predicted octanol–water partition coefficient (Wildman–Crippen LogP) is 5.29. The van der Waals surface area contributed by atoms with Gasteiger partial charge < -0.3 is 5.32 Å². The van der Waals surface area contributed by atoms with Crippen LogP contribution in [0.3, 0.4) is 0 Å². The first-order valence-corrected chi connectivity index (χ1v) is 8.76. The summed E-state index contributed by atoms with van der Waals surface area (Å²) in [5, 5.41) is 3.80. The lowest BCUT2D eigenvalue weighted by Crippen LogP contribution is -2.32. The van der Waals surface area contributed by atoms with E-state index in [0.29, 0.717) is 0 Å². The van der Waals surface area contributed by atoms with E-state index in [1.807, 2.05) is 6.08 Å². The lowest BCUT2D eigenvalue weighted by atomic mass is 9.99. The van der Waals surface area contributed by atoms with Gasteiger partial charge in [-0.2, -0.15) is 0 Å². The van der Waals surface area contributed by atoms with E-state index < -0.39 is 0 Å². The summed E-state index contributed by atoms with van der Waals surface area (Å²) < 4.78 is 0. The van der Waals surface area contributed by atoms with Crippen LogP contribution in [0.2, 0.25) is 0 Å². The SMILES string of the molecule is C=CCCCCCC(NCCC)C1CC1c1ccccc1. The molecule has 0 amide bonds. The summed E-state index contributed by atoms with van der Waals surface area (Å²) in [5.74, 6) is 1.66. The molecule has 0 aliphatic heterocycles. The molecule has 0 spiro atoms. The zero-order valence-corrected chi connectivity index (χ0v) is 13.6. The Morgan fingerprint density at radius 1 is 1.24 bits per heavy atom. The Hall–Kier alpha value is -1.08. The lowest BCUT2D eigenvalue weighted by Gasteiger charge is -2.19. The minimum absolute atomic E-state index is 0.721. The molecular weight excluding hydrogens is 254 g/mol. The van der Waals surface area contributed by atoms with Crippen molar-refractivity contribution in [2.24, 2.45) is 5.92 Å². The summed E-state index contributed by atoms with van der Waals surface area (Å²) in [5.41, 5.74) is 1.54. The topological polar surface area (TPSA) is 12.0 Å². The third kappa shape index (κ3) is 5.32. The van der Waals surface area contributed by atoms with Crippen molar-refractivity contribution < 1.29 is 0 Å². The Bertz CT molecular complexity index is 398. The second-order valence-corrected chi connectivity index (χ2v) is 6.40. The van der Waals surface area contributed by atoms with Crippen LogP contribution >= 0.6 is 0 Å². The van der Waals surface area contributed by atoms with Gasteiger partial charge in [-0.3, -0.25) is 0 Å². The van der Waals surface area contributed by atoms with Crippen LogP contribution in [0, 0.1) is 5.92 Å². The molecule has 0 heterocycles. The first-order valence-electron chi connectivity index (χ1n) is 8.76. The fourth-order valence-electron chi connectivity index (χ4n) is 3.37. The first kappa shape index (κ1) is 16.3. The van der Waals surface area contributed by atoms with E-state index in [0.717, 1.165) is 24.4 Å². The summed E-state index contributed by atoms with van der Waals surface area (Å²) in [7, 11) is 0. The second kappa shape index (κ2) is 9.04. The molecule has 21 heavy (non-hydrogen) atoms. The van der Waals surface area contributed by atoms with Gasteiger partial charge in [-0.1, -0.05) is 56.2 Å². The molecule has 1 fully saturated rings. The summed E-state index contributed by atoms with van der Waals surface area (Å²) in [6, 6.07) is 11.8. The lowest BCUT2D eigenvalue weighted by molar-refractivity contribution is 0.412. The number of hydrogen-bond donors (Lipinski definition) is 1. The van der Waals surface area contributed by atoms with Gasteiger partial charge in [0, 0.05) is 6.04 Å².